The summed E-state index contributed by atoms with van der Waals surface area (Å²) in [5.74, 6) is -0.151. The average Bonchev–Trinajstić information content (AvgIpc) is 3.64. The third kappa shape index (κ3) is 12.8. The molecule has 2 fully saturated rings. The van der Waals surface area contributed by atoms with Crippen molar-refractivity contribution in [1.29, 1.82) is 0 Å². The number of nitrogens with zero attached hydrogens (tertiary/aromatic N) is 3. The summed E-state index contributed by atoms with van der Waals surface area (Å²) in [6.45, 7) is -0.0444. The van der Waals surface area contributed by atoms with Gasteiger partial charge in [0, 0.05) is 19.3 Å². The van der Waals surface area contributed by atoms with E-state index < -0.39 is 63.0 Å². The number of carbonyl (C=O) groups is 3. The van der Waals surface area contributed by atoms with Crippen LogP contribution < -0.4 is 11.0 Å². The Hall–Kier alpha value is -6.36. The van der Waals surface area contributed by atoms with Gasteiger partial charge < -0.3 is 28.4 Å². The number of hydrogen-bond acceptors (Lipinski definition) is 14. The normalized spacial score (nSPS) is 19.6. The summed E-state index contributed by atoms with van der Waals surface area (Å²) in [5, 5.41) is 2.42. The molecule has 3 heterocycles. The molecule has 4 aromatic carbocycles. The van der Waals surface area contributed by atoms with Crippen LogP contribution in [0.3, 0.4) is 0 Å². The third-order valence-corrected chi connectivity index (χ3v) is 12.0. The molecule has 18 heteroatoms. The van der Waals surface area contributed by atoms with Crippen LogP contribution in [0.15, 0.2) is 138 Å². The Morgan fingerprint density at radius 1 is 0.635 bits per heavy atom. The maximum atomic E-state index is 14.7. The quantitative estimate of drug-likeness (QED) is 0.0534. The molecule has 7 rings (SSSR count). The largest absolute Gasteiger partial charge is 0.509 e. The summed E-state index contributed by atoms with van der Waals surface area (Å²) >= 11 is 0. The minimum Gasteiger partial charge on any atom is -0.444 e. The lowest BCUT2D eigenvalue weighted by molar-refractivity contribution is -0.0684. The van der Waals surface area contributed by atoms with Crippen molar-refractivity contribution >= 4 is 32.0 Å². The Balaban J connectivity index is 1.15. The van der Waals surface area contributed by atoms with Crippen LogP contribution in [-0.2, 0) is 68.5 Å². The molecule has 0 spiro atoms. The minimum absolute atomic E-state index is 0.0281. The van der Waals surface area contributed by atoms with E-state index in [-0.39, 0.29) is 32.2 Å². The second-order valence-electron chi connectivity index (χ2n) is 14.5. The predicted molar refractivity (Wildman–Crippen MR) is 226 cm³/mol. The van der Waals surface area contributed by atoms with E-state index in [9.17, 15) is 23.7 Å². The van der Waals surface area contributed by atoms with Gasteiger partial charge in [0.25, 0.3) is 0 Å². The number of piperidine rings is 1. The van der Waals surface area contributed by atoms with Gasteiger partial charge in [0.2, 0.25) is 0 Å². The first-order chi connectivity index (χ1) is 30.7. The molecule has 330 valence electrons. The van der Waals surface area contributed by atoms with E-state index in [2.05, 4.69) is 10.3 Å². The Bertz CT molecular complexity index is 2350. The maximum Gasteiger partial charge on any atom is 0.509 e. The van der Waals surface area contributed by atoms with Gasteiger partial charge in [-0.25, -0.2) is 28.4 Å². The molecule has 17 nitrogen and oxygen atoms in total. The molecule has 5 aromatic rings. The Morgan fingerprint density at radius 2 is 1.13 bits per heavy atom. The Labute approximate surface area is 363 Å². The van der Waals surface area contributed by atoms with Gasteiger partial charge in [-0.05, 0) is 41.2 Å². The summed E-state index contributed by atoms with van der Waals surface area (Å²) in [4.78, 5) is 57.2. The fourth-order valence-corrected chi connectivity index (χ4v) is 8.64. The third-order valence-electron chi connectivity index (χ3n) is 10.0. The minimum atomic E-state index is -4.05. The molecule has 1 amide bonds. The van der Waals surface area contributed by atoms with Crippen LogP contribution in [0.4, 0.5) is 20.2 Å². The molecule has 2 saturated heterocycles. The van der Waals surface area contributed by atoms with E-state index in [0.29, 0.717) is 24.2 Å². The zero-order valence-electron chi connectivity index (χ0n) is 34.2. The van der Waals surface area contributed by atoms with Crippen LogP contribution in [0.2, 0.25) is 0 Å². The SMILES string of the molecule is O=C(Nc1ccn([C@@H]2O[C@H](COP(=O)(OCc3ccccc3)N3CCCCC3)[C@@H](OC(=O)OCc3ccccc3)[C@H]2OC(=O)OCc2ccccc2)c(=O)n1)OCc1ccccc1. The first-order valence-electron chi connectivity index (χ1n) is 20.4. The second kappa shape index (κ2) is 22.1. The van der Waals surface area contributed by atoms with E-state index in [1.807, 2.05) is 42.5 Å². The summed E-state index contributed by atoms with van der Waals surface area (Å²) < 4.78 is 63.7. The van der Waals surface area contributed by atoms with Gasteiger partial charge in [-0.1, -0.05) is 128 Å². The molecule has 63 heavy (non-hydrogen) atoms. The van der Waals surface area contributed by atoms with Crippen LogP contribution in [0, 0.1) is 0 Å². The van der Waals surface area contributed by atoms with Crippen molar-refractivity contribution in [3.63, 3.8) is 0 Å². The highest BCUT2D eigenvalue weighted by Gasteiger charge is 2.53. The van der Waals surface area contributed by atoms with Crippen molar-refractivity contribution in [3.05, 3.63) is 166 Å². The molecule has 0 saturated carbocycles. The molecule has 1 aromatic heterocycles. The standard InChI is InChI=1S/C45H47N4O13P/c50-42-46-38(47-43(51)55-28-33-16-6-1-7-17-33)24-27-49(42)41-40(62-45(53)57-30-35-20-10-3-11-21-35)39(61-44(52)56-29-34-18-8-2-9-19-34)37(60-41)32-59-63(54,48-25-14-5-15-26-48)58-31-36-22-12-4-13-23-36/h1-4,6-13,16-24,27,37,39-41H,5,14-15,25-26,28-32H2,(H,46,47,50,51)/t37-,39-,40-,41-,63?/m1/s1. The molecule has 0 bridgehead atoms. The van der Waals surface area contributed by atoms with Crippen molar-refractivity contribution in [3.8, 4) is 0 Å². The molecular weight excluding hydrogens is 835 g/mol. The van der Waals surface area contributed by atoms with Gasteiger partial charge in [0.15, 0.2) is 18.4 Å². The summed E-state index contributed by atoms with van der Waals surface area (Å²) in [6.07, 6.45) is -5.53. The molecule has 2 aliphatic rings. The number of ether oxygens (including phenoxy) is 6. The van der Waals surface area contributed by atoms with Gasteiger partial charge >= 0.3 is 31.8 Å². The zero-order valence-corrected chi connectivity index (χ0v) is 35.1. The van der Waals surface area contributed by atoms with Crippen molar-refractivity contribution in [2.45, 2.75) is 70.2 Å². The van der Waals surface area contributed by atoms with E-state index in [0.717, 1.165) is 35.0 Å². The lowest BCUT2D eigenvalue weighted by Crippen LogP contribution is -2.42. The molecule has 2 aliphatic heterocycles. The van der Waals surface area contributed by atoms with Crippen molar-refractivity contribution in [2.24, 2.45) is 0 Å². The summed E-state index contributed by atoms with van der Waals surface area (Å²) in [6, 6.07) is 37.2. The highest BCUT2D eigenvalue weighted by atomic mass is 31.2. The number of nitrogens with one attached hydrogen (secondary N) is 1. The number of hydrogen-bond donors (Lipinski definition) is 1. The Morgan fingerprint density at radius 3 is 1.65 bits per heavy atom. The maximum absolute atomic E-state index is 14.7. The van der Waals surface area contributed by atoms with Gasteiger partial charge in [-0.15, -0.1) is 0 Å². The highest BCUT2D eigenvalue weighted by Crippen LogP contribution is 2.54. The van der Waals surface area contributed by atoms with E-state index >= 15 is 0 Å². The van der Waals surface area contributed by atoms with Crippen molar-refractivity contribution in [1.82, 2.24) is 14.2 Å². The number of anilines is 1. The number of carbonyl (C=O) groups excluding carboxylic acids is 3. The lowest BCUT2D eigenvalue weighted by atomic mass is 10.1. The number of amides is 1. The van der Waals surface area contributed by atoms with Crippen LogP contribution in [0.1, 0.15) is 47.7 Å². The van der Waals surface area contributed by atoms with E-state index in [1.54, 1.807) is 83.5 Å². The smallest absolute Gasteiger partial charge is 0.444 e. The fraction of sp³-hybridized carbons (Fsp3) is 0.311. The molecular formula is C45H47N4O13P. The monoisotopic (exact) mass is 882 g/mol. The van der Waals surface area contributed by atoms with Gasteiger partial charge in [0.05, 0.1) is 13.2 Å². The number of rotatable bonds is 17. The second-order valence-corrected chi connectivity index (χ2v) is 16.5. The lowest BCUT2D eigenvalue weighted by Gasteiger charge is -2.33. The fourth-order valence-electron chi connectivity index (χ4n) is 6.82. The highest BCUT2D eigenvalue weighted by molar-refractivity contribution is 7.51. The first-order valence-corrected chi connectivity index (χ1v) is 21.9. The number of aromatic nitrogens is 2. The van der Waals surface area contributed by atoms with Crippen molar-refractivity contribution < 1.29 is 56.4 Å². The zero-order chi connectivity index (χ0) is 43.9. The topological polar surface area (TPSA) is 192 Å². The Kier molecular flexibility index (Phi) is 15.7. The number of benzene rings is 4. The molecule has 5 atom stereocenters. The molecule has 1 N–H and O–H groups in total. The van der Waals surface area contributed by atoms with Gasteiger partial charge in [-0.2, -0.15) is 4.98 Å². The van der Waals surface area contributed by atoms with Crippen LogP contribution >= 0.6 is 7.75 Å². The molecule has 1 unspecified atom stereocenters. The van der Waals surface area contributed by atoms with Crippen molar-refractivity contribution in [2.75, 3.05) is 25.0 Å². The molecule has 0 aliphatic carbocycles. The van der Waals surface area contributed by atoms with E-state index in [1.165, 1.54) is 12.3 Å². The average molecular weight is 883 g/mol. The van der Waals surface area contributed by atoms with Crippen LogP contribution in [0.25, 0.3) is 0 Å². The summed E-state index contributed by atoms with van der Waals surface area (Å²) in [5.41, 5.74) is 1.88. The van der Waals surface area contributed by atoms with Gasteiger partial charge in [-0.3, -0.25) is 18.9 Å². The summed E-state index contributed by atoms with van der Waals surface area (Å²) in [7, 11) is -4.05. The van der Waals surface area contributed by atoms with Crippen LogP contribution in [-0.4, -0.2) is 70.6 Å². The van der Waals surface area contributed by atoms with E-state index in [4.69, 9.17) is 37.5 Å². The predicted octanol–water partition coefficient (Wildman–Crippen LogP) is 8.16. The molecule has 0 radical (unpaired) electrons. The van der Waals surface area contributed by atoms with Gasteiger partial charge in [0.1, 0.15) is 31.7 Å². The van der Waals surface area contributed by atoms with Crippen LogP contribution in [0.5, 0.6) is 0 Å². The first kappa shape index (κ1) is 44.7.